The van der Waals surface area contributed by atoms with Crippen LogP contribution in [-0.4, -0.2) is 68.4 Å². The summed E-state index contributed by atoms with van der Waals surface area (Å²) < 4.78 is 8.29. The molecule has 1 fully saturated rings. The second kappa shape index (κ2) is 13.2. The molecule has 0 radical (unpaired) electrons. The molecule has 8 rings (SSSR count). The van der Waals surface area contributed by atoms with Crippen LogP contribution < -0.4 is 10.5 Å². The maximum absolute atomic E-state index is 15.0. The lowest BCUT2D eigenvalue weighted by molar-refractivity contribution is -0.385. The number of hydrogen-bond donors (Lipinski definition) is 3. The van der Waals surface area contributed by atoms with Crippen molar-refractivity contribution < 1.29 is 29.2 Å². The lowest BCUT2D eigenvalue weighted by atomic mass is 9.82. The Morgan fingerprint density at radius 3 is 2.48 bits per heavy atom. The van der Waals surface area contributed by atoms with Crippen molar-refractivity contribution in [1.82, 2.24) is 14.7 Å². The van der Waals surface area contributed by atoms with Crippen molar-refractivity contribution >= 4 is 42.4 Å². The van der Waals surface area contributed by atoms with E-state index in [2.05, 4.69) is 5.10 Å². The van der Waals surface area contributed by atoms with E-state index in [1.54, 1.807) is 59.3 Å². The summed E-state index contributed by atoms with van der Waals surface area (Å²) in [6, 6.07) is 26.1. The Labute approximate surface area is 311 Å². The lowest BCUT2D eigenvalue weighted by Gasteiger charge is -2.37. The second-order valence-corrected chi connectivity index (χ2v) is 19.2. The average molecular weight is 748 g/mol. The topological polar surface area (TPSA) is 171 Å². The fourth-order valence-electron chi connectivity index (χ4n) is 9.08. The van der Waals surface area contributed by atoms with E-state index in [0.717, 1.165) is 11.1 Å². The zero-order valence-corrected chi connectivity index (χ0v) is 31.1. The first-order chi connectivity index (χ1) is 25.8. The third kappa shape index (κ3) is 5.68. The second-order valence-electron chi connectivity index (χ2n) is 15.2. The highest BCUT2D eigenvalue weighted by atomic mass is 28.4. The molecule has 1 saturated heterocycles. The number of H-pyrrole nitrogens is 1. The molecule has 3 aliphatic rings. The molecule has 1 aromatic heterocycles. The maximum atomic E-state index is 15.0. The van der Waals surface area contributed by atoms with Gasteiger partial charge in [-0.05, 0) is 66.5 Å². The van der Waals surface area contributed by atoms with E-state index in [-0.39, 0.29) is 36.7 Å². The number of aliphatic hydroxyl groups excluding tert-OH is 1. The normalized spacial score (nSPS) is 23.6. The van der Waals surface area contributed by atoms with Crippen LogP contribution in [-0.2, 0) is 39.4 Å². The summed E-state index contributed by atoms with van der Waals surface area (Å²) in [4.78, 5) is 69.0. The number of aromatic amines is 1. The van der Waals surface area contributed by atoms with Gasteiger partial charge in [-0.1, -0.05) is 55.5 Å². The van der Waals surface area contributed by atoms with Crippen molar-refractivity contribution in [2.24, 2.45) is 5.92 Å². The molecule has 278 valence electrons. The zero-order valence-electron chi connectivity index (χ0n) is 30.1. The van der Waals surface area contributed by atoms with E-state index < -0.39 is 48.4 Å². The summed E-state index contributed by atoms with van der Waals surface area (Å²) >= 11 is 0. The van der Waals surface area contributed by atoms with E-state index in [1.807, 2.05) is 49.4 Å². The van der Waals surface area contributed by atoms with Gasteiger partial charge in [0.25, 0.3) is 17.2 Å². The van der Waals surface area contributed by atoms with Gasteiger partial charge < -0.3 is 24.4 Å². The van der Waals surface area contributed by atoms with Crippen LogP contribution in [0.5, 0.6) is 0 Å². The number of aromatic nitrogens is 2. The predicted octanol–water partition coefficient (Wildman–Crippen LogP) is 4.91. The highest BCUT2D eigenvalue weighted by Crippen LogP contribution is 2.60. The Hall–Kier alpha value is -5.41. The van der Waals surface area contributed by atoms with Gasteiger partial charge in [0.05, 0.1) is 58.9 Å². The number of hydrogen-bond acceptors (Lipinski definition) is 8. The zero-order chi connectivity index (χ0) is 38.1. The summed E-state index contributed by atoms with van der Waals surface area (Å²) in [7, 11) is -3.18. The summed E-state index contributed by atoms with van der Waals surface area (Å²) in [5, 5.41) is 26.1. The number of carbonyl (C=O) groups excluding carboxylic acids is 2. The van der Waals surface area contributed by atoms with Crippen molar-refractivity contribution in [2.45, 2.75) is 69.2 Å². The quantitative estimate of drug-likeness (QED) is 0.114. The smallest absolute Gasteiger partial charge is 0.279 e. The van der Waals surface area contributed by atoms with Crippen molar-refractivity contribution in [1.29, 1.82) is 0 Å². The number of ether oxygens (including phenoxy) is 1. The Kier molecular flexibility index (Phi) is 8.68. The number of non-ortho nitro benzene ring substituents is 1. The van der Waals surface area contributed by atoms with Crippen molar-refractivity contribution in [3.8, 4) is 5.69 Å². The number of para-hydroxylation sites is 1. The number of carbonyl (C=O) groups is 2. The van der Waals surface area contributed by atoms with Gasteiger partial charge in [0.2, 0.25) is 5.91 Å². The molecule has 4 aromatic carbocycles. The monoisotopic (exact) mass is 747 g/mol. The van der Waals surface area contributed by atoms with Crippen LogP contribution in [0.1, 0.15) is 35.6 Å². The Bertz CT molecular complexity index is 2390. The molecule has 0 aliphatic carbocycles. The molecule has 2 amide bonds. The van der Waals surface area contributed by atoms with Crippen LogP contribution in [0.15, 0.2) is 95.8 Å². The summed E-state index contributed by atoms with van der Waals surface area (Å²) in [5.41, 5.74) is 2.00. The van der Waals surface area contributed by atoms with Crippen molar-refractivity contribution in [3.63, 3.8) is 0 Å². The molecular weight excluding hydrogens is 707 g/mol. The number of rotatable bonds is 8. The van der Waals surface area contributed by atoms with Gasteiger partial charge in [0.1, 0.15) is 0 Å². The Morgan fingerprint density at radius 1 is 1.02 bits per heavy atom. The van der Waals surface area contributed by atoms with Gasteiger partial charge in [-0.2, -0.15) is 0 Å². The van der Waals surface area contributed by atoms with Crippen molar-refractivity contribution in [3.05, 3.63) is 134 Å². The number of benzene rings is 4. The van der Waals surface area contributed by atoms with Crippen LogP contribution in [0.4, 0.5) is 11.4 Å². The van der Waals surface area contributed by atoms with E-state index >= 15 is 4.79 Å². The van der Waals surface area contributed by atoms with E-state index in [4.69, 9.17) is 4.74 Å². The SMILES string of the molecule is C[C@@H]1[C@@H]([Si](C)(C)O)[C@H](CC(=O)N2Cc3ccccc3C[C@H]2CO)O[C@@]12C(=O)N(Cc1cccc(-n3[nH]c4ccccc4c3=O)c1)c1ccc([N+](=O)[O-])cc12. The van der Waals surface area contributed by atoms with E-state index in [1.165, 1.54) is 16.8 Å². The molecule has 5 aromatic rings. The summed E-state index contributed by atoms with van der Waals surface area (Å²) in [6.45, 7) is 5.47. The molecular formula is C40H41N5O8Si. The van der Waals surface area contributed by atoms with Gasteiger partial charge in [0.15, 0.2) is 13.9 Å². The van der Waals surface area contributed by atoms with Crippen LogP contribution in [0.2, 0.25) is 18.6 Å². The van der Waals surface area contributed by atoms with E-state index in [9.17, 15) is 29.6 Å². The molecule has 0 unspecified atom stereocenters. The molecule has 14 heteroatoms. The Morgan fingerprint density at radius 2 is 1.76 bits per heavy atom. The minimum atomic E-state index is -3.18. The van der Waals surface area contributed by atoms with Crippen molar-refractivity contribution in [2.75, 3.05) is 11.5 Å². The van der Waals surface area contributed by atoms with Gasteiger partial charge in [0, 0.05) is 35.7 Å². The number of aliphatic hydroxyl groups is 1. The molecule has 54 heavy (non-hydrogen) atoms. The minimum Gasteiger partial charge on any atom is -0.432 e. The third-order valence-electron chi connectivity index (χ3n) is 11.5. The summed E-state index contributed by atoms with van der Waals surface area (Å²) in [5.74, 6) is -1.38. The first-order valence-corrected chi connectivity index (χ1v) is 21.1. The van der Waals surface area contributed by atoms with E-state index in [0.29, 0.717) is 46.4 Å². The first kappa shape index (κ1) is 35.6. The van der Waals surface area contributed by atoms with Gasteiger partial charge in [-0.3, -0.25) is 29.6 Å². The third-order valence-corrected chi connectivity index (χ3v) is 14.0. The molecule has 3 N–H and O–H groups in total. The predicted molar refractivity (Wildman–Crippen MR) is 204 cm³/mol. The van der Waals surface area contributed by atoms with Gasteiger partial charge >= 0.3 is 0 Å². The minimum absolute atomic E-state index is 0.0594. The molecule has 0 bridgehead atoms. The van der Waals surface area contributed by atoms with Gasteiger partial charge in [-0.15, -0.1) is 0 Å². The molecule has 1 spiro atoms. The van der Waals surface area contributed by atoms with Crippen LogP contribution >= 0.6 is 0 Å². The number of fused-ring (bicyclic) bond motifs is 4. The average Bonchev–Trinajstić information content (AvgIpc) is 3.73. The molecule has 4 heterocycles. The number of nitro groups is 1. The molecule has 0 saturated carbocycles. The largest absolute Gasteiger partial charge is 0.432 e. The highest BCUT2D eigenvalue weighted by Gasteiger charge is 2.66. The number of amides is 2. The lowest BCUT2D eigenvalue weighted by Crippen LogP contribution is -2.48. The highest BCUT2D eigenvalue weighted by molar-refractivity contribution is 6.71. The van der Waals surface area contributed by atoms with Crippen LogP contribution in [0.25, 0.3) is 16.6 Å². The summed E-state index contributed by atoms with van der Waals surface area (Å²) in [6.07, 6.45) is -0.538. The Balaban J connectivity index is 1.16. The standard InChI is InChI=1S/C40H41N5O8Si/c1-24-37(54(2,3)52)35(20-36(47)42-22-27-11-5-4-10-26(27)18-30(42)23-46)53-40(24)32-19-29(45(50)51)15-16-34(32)43(39(40)49)21-25-9-8-12-28(17-25)44-38(48)31-13-6-7-14-33(31)41-44/h4-17,19,24,30,35,37,41,46,52H,18,20-23H2,1-3H3/t24-,30+,35+,37-,40+/m1/s1. The number of nitrogens with zero attached hydrogens (tertiary/aromatic N) is 4. The fraction of sp³-hybridized carbons (Fsp3) is 0.325. The molecule has 3 aliphatic heterocycles. The maximum Gasteiger partial charge on any atom is 0.279 e. The number of nitrogens with one attached hydrogen (secondary N) is 1. The first-order valence-electron chi connectivity index (χ1n) is 18.1. The van der Waals surface area contributed by atoms with Crippen LogP contribution in [0, 0.1) is 16.0 Å². The number of nitro benzene ring substituents is 1. The van der Waals surface area contributed by atoms with Crippen LogP contribution in [0.3, 0.4) is 0 Å². The van der Waals surface area contributed by atoms with Gasteiger partial charge in [-0.25, -0.2) is 4.68 Å². The fourth-order valence-corrected chi connectivity index (χ4v) is 11.6. The molecule has 13 nitrogen and oxygen atoms in total. The molecule has 5 atom stereocenters. The number of anilines is 1.